The summed E-state index contributed by atoms with van der Waals surface area (Å²) in [4.78, 5) is 0. The van der Waals surface area contributed by atoms with Gasteiger partial charge in [0.05, 0.1) is 6.61 Å². The molecule has 1 aliphatic rings. The molecule has 0 amide bonds. The average molecular weight is 389 g/mol. The summed E-state index contributed by atoms with van der Waals surface area (Å²) in [6.45, 7) is 5.02. The monoisotopic (exact) mass is 388 g/mol. The quantitative estimate of drug-likeness (QED) is 0.335. The molecule has 29 heavy (non-hydrogen) atoms. The van der Waals surface area contributed by atoms with Gasteiger partial charge < -0.3 is 4.74 Å². The Morgan fingerprint density at radius 3 is 2.21 bits per heavy atom. The lowest BCUT2D eigenvalue weighted by molar-refractivity contribution is 0.339. The summed E-state index contributed by atoms with van der Waals surface area (Å²) in [5.41, 5.74) is 4.06. The van der Waals surface area contributed by atoms with Crippen molar-refractivity contribution in [3.63, 3.8) is 0 Å². The Hall–Kier alpha value is -2.20. The van der Waals surface area contributed by atoms with Crippen LogP contribution >= 0.6 is 0 Å². The molecule has 1 fully saturated rings. The SMILES string of the molecule is CCCCCCc1ccc(C#CC2CCC(c3ccc(OCC)cc3)CC2)cc1. The third-order valence-corrected chi connectivity index (χ3v) is 6.08. The first-order valence-electron chi connectivity index (χ1n) is 11.6. The molecule has 2 aromatic carbocycles. The van der Waals surface area contributed by atoms with Gasteiger partial charge in [-0.3, -0.25) is 0 Å². The maximum atomic E-state index is 5.56. The largest absolute Gasteiger partial charge is 0.494 e. The highest BCUT2D eigenvalue weighted by Crippen LogP contribution is 2.36. The summed E-state index contributed by atoms with van der Waals surface area (Å²) in [5.74, 6) is 9.17. The minimum atomic E-state index is 0.544. The maximum Gasteiger partial charge on any atom is 0.119 e. The molecule has 0 N–H and O–H groups in total. The van der Waals surface area contributed by atoms with Crippen LogP contribution in [0.3, 0.4) is 0 Å². The van der Waals surface area contributed by atoms with E-state index in [-0.39, 0.29) is 0 Å². The second kappa shape index (κ2) is 11.7. The second-order valence-corrected chi connectivity index (χ2v) is 8.33. The highest BCUT2D eigenvalue weighted by molar-refractivity contribution is 5.37. The van der Waals surface area contributed by atoms with E-state index in [4.69, 9.17) is 4.74 Å². The van der Waals surface area contributed by atoms with Crippen molar-refractivity contribution in [3.8, 4) is 17.6 Å². The van der Waals surface area contributed by atoms with Crippen molar-refractivity contribution in [2.45, 2.75) is 77.6 Å². The zero-order valence-corrected chi connectivity index (χ0v) is 18.3. The number of ether oxygens (including phenoxy) is 1. The molecule has 2 aromatic rings. The van der Waals surface area contributed by atoms with E-state index >= 15 is 0 Å². The smallest absolute Gasteiger partial charge is 0.119 e. The Morgan fingerprint density at radius 1 is 0.828 bits per heavy atom. The van der Waals surface area contributed by atoms with Gasteiger partial charge in [-0.1, -0.05) is 62.3 Å². The number of hydrogen-bond acceptors (Lipinski definition) is 1. The molecule has 0 unspecified atom stereocenters. The van der Waals surface area contributed by atoms with Gasteiger partial charge in [0.2, 0.25) is 0 Å². The first-order valence-corrected chi connectivity index (χ1v) is 11.6. The van der Waals surface area contributed by atoms with Crippen LogP contribution in [0.15, 0.2) is 48.5 Å². The van der Waals surface area contributed by atoms with Crippen LogP contribution in [-0.4, -0.2) is 6.61 Å². The summed E-state index contributed by atoms with van der Waals surface area (Å²) in [7, 11) is 0. The van der Waals surface area contributed by atoms with E-state index in [1.165, 1.54) is 68.9 Å². The molecule has 0 heterocycles. The minimum absolute atomic E-state index is 0.544. The van der Waals surface area contributed by atoms with Crippen LogP contribution in [0.5, 0.6) is 5.75 Å². The molecule has 0 spiro atoms. The molecule has 0 aliphatic heterocycles. The van der Waals surface area contributed by atoms with Crippen LogP contribution in [0.4, 0.5) is 0 Å². The summed E-state index contributed by atoms with van der Waals surface area (Å²) >= 11 is 0. The lowest BCUT2D eigenvalue weighted by Crippen LogP contribution is -2.12. The van der Waals surface area contributed by atoms with Gasteiger partial charge in [-0.2, -0.15) is 0 Å². The highest BCUT2D eigenvalue weighted by Gasteiger charge is 2.21. The van der Waals surface area contributed by atoms with Gasteiger partial charge in [0, 0.05) is 11.5 Å². The summed E-state index contributed by atoms with van der Waals surface area (Å²) in [5, 5.41) is 0. The van der Waals surface area contributed by atoms with Gasteiger partial charge in [0.1, 0.15) is 5.75 Å². The zero-order chi connectivity index (χ0) is 20.3. The van der Waals surface area contributed by atoms with Gasteiger partial charge in [0.15, 0.2) is 0 Å². The molecule has 1 nitrogen and oxygen atoms in total. The predicted molar refractivity (Wildman–Crippen MR) is 123 cm³/mol. The summed E-state index contributed by atoms with van der Waals surface area (Å²) < 4.78 is 5.56. The molecule has 0 aromatic heterocycles. The molecular weight excluding hydrogens is 352 g/mol. The molecule has 1 saturated carbocycles. The van der Waals surface area contributed by atoms with Crippen molar-refractivity contribution in [2.24, 2.45) is 5.92 Å². The summed E-state index contributed by atoms with van der Waals surface area (Å²) in [6, 6.07) is 17.6. The lowest BCUT2D eigenvalue weighted by Gasteiger charge is -2.26. The van der Waals surface area contributed by atoms with E-state index in [0.29, 0.717) is 11.8 Å². The molecule has 0 saturated heterocycles. The molecule has 154 valence electrons. The number of unbranched alkanes of at least 4 members (excludes halogenated alkanes) is 3. The average Bonchev–Trinajstić information content (AvgIpc) is 2.77. The number of aryl methyl sites for hydroxylation is 1. The number of rotatable bonds is 8. The Bertz CT molecular complexity index is 768. The third kappa shape index (κ3) is 6.97. The standard InChI is InChI=1S/C28H36O/c1-3-5-6-7-8-23-9-11-24(12-10-23)13-14-25-15-17-26(18-16-25)27-19-21-28(22-20-27)29-4-2/h9-12,19-22,25-26H,3-8,15-18H2,1-2H3. The Labute approximate surface area is 177 Å². The van der Waals surface area contributed by atoms with Crippen LogP contribution in [0.2, 0.25) is 0 Å². The lowest BCUT2D eigenvalue weighted by atomic mass is 9.79. The van der Waals surface area contributed by atoms with Crippen molar-refractivity contribution in [1.29, 1.82) is 0 Å². The predicted octanol–water partition coefficient (Wildman–Crippen LogP) is 7.53. The Morgan fingerprint density at radius 2 is 1.55 bits per heavy atom. The summed E-state index contributed by atoms with van der Waals surface area (Å²) in [6.07, 6.45) is 11.4. The second-order valence-electron chi connectivity index (χ2n) is 8.33. The van der Waals surface area contributed by atoms with Crippen LogP contribution in [0.1, 0.15) is 87.8 Å². The van der Waals surface area contributed by atoms with Gasteiger partial charge in [-0.05, 0) is 86.8 Å². The highest BCUT2D eigenvalue weighted by atomic mass is 16.5. The minimum Gasteiger partial charge on any atom is -0.494 e. The Balaban J connectivity index is 1.45. The zero-order valence-electron chi connectivity index (χ0n) is 18.3. The van der Waals surface area contributed by atoms with Crippen molar-refractivity contribution in [1.82, 2.24) is 0 Å². The fourth-order valence-electron chi connectivity index (χ4n) is 4.27. The first kappa shape index (κ1) is 21.5. The van der Waals surface area contributed by atoms with E-state index in [1.54, 1.807) is 0 Å². The molecule has 1 heteroatoms. The van der Waals surface area contributed by atoms with E-state index < -0.39 is 0 Å². The molecule has 1 aliphatic carbocycles. The van der Waals surface area contributed by atoms with Gasteiger partial charge in [-0.15, -0.1) is 0 Å². The third-order valence-electron chi connectivity index (χ3n) is 6.08. The van der Waals surface area contributed by atoms with Crippen molar-refractivity contribution in [2.75, 3.05) is 6.61 Å². The van der Waals surface area contributed by atoms with E-state index in [0.717, 1.165) is 17.9 Å². The van der Waals surface area contributed by atoms with E-state index in [1.807, 2.05) is 6.92 Å². The van der Waals surface area contributed by atoms with Crippen molar-refractivity contribution < 1.29 is 4.74 Å². The molecule has 0 bridgehead atoms. The van der Waals surface area contributed by atoms with Crippen LogP contribution < -0.4 is 4.74 Å². The fourth-order valence-corrected chi connectivity index (χ4v) is 4.27. The van der Waals surface area contributed by atoms with E-state index in [2.05, 4.69) is 67.3 Å². The maximum absolute atomic E-state index is 5.56. The molecule has 3 rings (SSSR count). The molecule has 0 atom stereocenters. The number of benzene rings is 2. The van der Waals surface area contributed by atoms with Crippen LogP contribution in [0.25, 0.3) is 0 Å². The van der Waals surface area contributed by atoms with Gasteiger partial charge in [0.25, 0.3) is 0 Å². The van der Waals surface area contributed by atoms with E-state index in [9.17, 15) is 0 Å². The normalized spacial score (nSPS) is 18.7. The fraction of sp³-hybridized carbons (Fsp3) is 0.500. The van der Waals surface area contributed by atoms with Crippen molar-refractivity contribution >= 4 is 0 Å². The van der Waals surface area contributed by atoms with Gasteiger partial charge in [-0.25, -0.2) is 0 Å². The molecule has 0 radical (unpaired) electrons. The van der Waals surface area contributed by atoms with Crippen LogP contribution in [0, 0.1) is 17.8 Å². The molecular formula is C28H36O. The van der Waals surface area contributed by atoms with Gasteiger partial charge >= 0.3 is 0 Å². The first-order chi connectivity index (χ1) is 14.3. The number of hydrogen-bond donors (Lipinski definition) is 0. The van der Waals surface area contributed by atoms with Crippen LogP contribution in [-0.2, 0) is 6.42 Å². The topological polar surface area (TPSA) is 9.23 Å². The Kier molecular flexibility index (Phi) is 8.69. The van der Waals surface area contributed by atoms with Crippen molar-refractivity contribution in [3.05, 3.63) is 65.2 Å².